The lowest BCUT2D eigenvalue weighted by Crippen LogP contribution is -2.17. The minimum atomic E-state index is -4.93. The maximum atomic E-state index is 12.6. The number of carbonyl (C=O) groups excluding carboxylic acids is 1. The van der Waals surface area contributed by atoms with E-state index in [0.717, 1.165) is 0 Å². The van der Waals surface area contributed by atoms with E-state index < -0.39 is 33.9 Å². The number of aromatic nitrogens is 1. The average Bonchev–Trinajstić information content (AvgIpc) is 2.27. The summed E-state index contributed by atoms with van der Waals surface area (Å²) in [5.41, 5.74) is -3.66. The Bertz CT molecular complexity index is 487. The minimum Gasteiger partial charge on any atom is -0.462 e. The van der Waals surface area contributed by atoms with Gasteiger partial charge in [-0.2, -0.15) is 13.2 Å². The molecule has 0 spiro atoms. The lowest BCUT2D eigenvalue weighted by atomic mass is 10.1. The highest BCUT2D eigenvalue weighted by Crippen LogP contribution is 2.35. The molecule has 0 amide bonds. The molecule has 1 aromatic heterocycles. The molecule has 0 unspecified atom stereocenters. The predicted molar refractivity (Wildman–Crippen MR) is 51.8 cm³/mol. The molecule has 0 aliphatic rings. The Morgan fingerprint density at radius 2 is 2.11 bits per heavy atom. The van der Waals surface area contributed by atoms with Crippen molar-refractivity contribution in [3.8, 4) is 0 Å². The summed E-state index contributed by atoms with van der Waals surface area (Å²) < 4.78 is 42.2. The average molecular weight is 264 g/mol. The Kier molecular flexibility index (Phi) is 3.84. The van der Waals surface area contributed by atoms with Crippen molar-refractivity contribution in [3.05, 3.63) is 33.6 Å². The fourth-order valence-electron chi connectivity index (χ4n) is 1.22. The van der Waals surface area contributed by atoms with Gasteiger partial charge < -0.3 is 4.74 Å². The molecule has 18 heavy (non-hydrogen) atoms. The first-order valence-corrected chi connectivity index (χ1v) is 4.65. The molecule has 0 aromatic carbocycles. The van der Waals surface area contributed by atoms with Gasteiger partial charge in [-0.15, -0.1) is 0 Å². The van der Waals surface area contributed by atoms with Crippen LogP contribution < -0.4 is 0 Å². The standard InChI is InChI=1S/C9H7F3N2O4/c1-2-18-8(15)7-5(9(10,11)12)3-13-4-6(7)14(16)17/h3-4H,2H2,1H3. The summed E-state index contributed by atoms with van der Waals surface area (Å²) in [6.45, 7) is 1.17. The zero-order chi connectivity index (χ0) is 13.9. The van der Waals surface area contributed by atoms with E-state index in [1.54, 1.807) is 0 Å². The zero-order valence-electron chi connectivity index (χ0n) is 9.02. The number of alkyl halides is 3. The quantitative estimate of drug-likeness (QED) is 0.474. The Morgan fingerprint density at radius 1 is 1.50 bits per heavy atom. The Labute approximate surface area is 98.5 Å². The van der Waals surface area contributed by atoms with Crippen molar-refractivity contribution in [2.24, 2.45) is 0 Å². The number of esters is 1. The van der Waals surface area contributed by atoms with Crippen molar-refractivity contribution in [2.75, 3.05) is 6.61 Å². The first-order chi connectivity index (χ1) is 8.29. The molecule has 98 valence electrons. The van der Waals surface area contributed by atoms with E-state index in [1.165, 1.54) is 6.92 Å². The van der Waals surface area contributed by atoms with Crippen molar-refractivity contribution >= 4 is 11.7 Å². The molecule has 1 heterocycles. The highest BCUT2D eigenvalue weighted by atomic mass is 19.4. The number of pyridine rings is 1. The van der Waals surface area contributed by atoms with Gasteiger partial charge in [-0.25, -0.2) is 4.79 Å². The SMILES string of the molecule is CCOC(=O)c1c([N+](=O)[O-])cncc1C(F)(F)F. The van der Waals surface area contributed by atoms with Crippen LogP contribution in [0.4, 0.5) is 18.9 Å². The molecule has 0 aliphatic carbocycles. The molecule has 0 bridgehead atoms. The number of rotatable bonds is 3. The first-order valence-electron chi connectivity index (χ1n) is 4.65. The number of hydrogen-bond donors (Lipinski definition) is 0. The molecule has 9 heteroatoms. The smallest absolute Gasteiger partial charge is 0.418 e. The Hall–Kier alpha value is -2.19. The van der Waals surface area contributed by atoms with Gasteiger partial charge in [-0.1, -0.05) is 0 Å². The maximum Gasteiger partial charge on any atom is 0.418 e. The maximum absolute atomic E-state index is 12.6. The highest BCUT2D eigenvalue weighted by Gasteiger charge is 2.40. The molecule has 6 nitrogen and oxygen atoms in total. The van der Waals surface area contributed by atoms with Gasteiger partial charge in [0.2, 0.25) is 0 Å². The van der Waals surface area contributed by atoms with E-state index in [2.05, 4.69) is 9.72 Å². The molecule has 0 N–H and O–H groups in total. The molecule has 0 fully saturated rings. The van der Waals surface area contributed by atoms with E-state index in [0.29, 0.717) is 12.4 Å². The van der Waals surface area contributed by atoms with Crippen LogP contribution in [0.25, 0.3) is 0 Å². The number of halogens is 3. The number of hydrogen-bond acceptors (Lipinski definition) is 5. The summed E-state index contributed by atoms with van der Waals surface area (Å²) in [6.07, 6.45) is -4.01. The van der Waals surface area contributed by atoms with Crippen molar-refractivity contribution in [1.29, 1.82) is 0 Å². The van der Waals surface area contributed by atoms with Crippen LogP contribution in [0.2, 0.25) is 0 Å². The van der Waals surface area contributed by atoms with Crippen molar-refractivity contribution in [1.82, 2.24) is 4.98 Å². The number of ether oxygens (including phenoxy) is 1. The van der Waals surface area contributed by atoms with E-state index in [9.17, 15) is 28.1 Å². The number of carbonyl (C=O) groups is 1. The summed E-state index contributed by atoms with van der Waals surface area (Å²) in [5.74, 6) is -1.40. The summed E-state index contributed by atoms with van der Waals surface area (Å²) in [4.78, 5) is 24.0. The largest absolute Gasteiger partial charge is 0.462 e. The highest BCUT2D eigenvalue weighted by molar-refractivity contribution is 5.95. The predicted octanol–water partition coefficient (Wildman–Crippen LogP) is 2.19. The second kappa shape index (κ2) is 4.98. The molecule has 0 atom stereocenters. The Morgan fingerprint density at radius 3 is 2.56 bits per heavy atom. The van der Waals surface area contributed by atoms with E-state index in [4.69, 9.17) is 0 Å². The van der Waals surface area contributed by atoms with Crippen LogP contribution >= 0.6 is 0 Å². The van der Waals surface area contributed by atoms with E-state index in [-0.39, 0.29) is 6.61 Å². The topological polar surface area (TPSA) is 82.3 Å². The van der Waals surface area contributed by atoms with Gasteiger partial charge in [0.15, 0.2) is 5.56 Å². The molecule has 1 aromatic rings. The molecular weight excluding hydrogens is 257 g/mol. The number of nitro groups is 1. The van der Waals surface area contributed by atoms with Crippen LogP contribution in [0.5, 0.6) is 0 Å². The third kappa shape index (κ3) is 2.73. The van der Waals surface area contributed by atoms with E-state index in [1.807, 2.05) is 0 Å². The van der Waals surface area contributed by atoms with Gasteiger partial charge in [-0.05, 0) is 6.92 Å². The normalized spacial score (nSPS) is 11.1. The van der Waals surface area contributed by atoms with Crippen LogP contribution in [0, 0.1) is 10.1 Å². The van der Waals surface area contributed by atoms with Gasteiger partial charge in [0, 0.05) is 6.20 Å². The molecule has 0 radical (unpaired) electrons. The summed E-state index contributed by atoms with van der Waals surface area (Å²) in [6, 6.07) is 0. The van der Waals surface area contributed by atoms with Crippen LogP contribution in [-0.4, -0.2) is 22.5 Å². The summed E-state index contributed by atoms with van der Waals surface area (Å²) >= 11 is 0. The Balaban J connectivity index is 3.49. The van der Waals surface area contributed by atoms with Crippen molar-refractivity contribution in [3.63, 3.8) is 0 Å². The van der Waals surface area contributed by atoms with Gasteiger partial charge >= 0.3 is 17.8 Å². The zero-order valence-corrected chi connectivity index (χ0v) is 9.02. The lowest BCUT2D eigenvalue weighted by molar-refractivity contribution is -0.385. The van der Waals surface area contributed by atoms with Gasteiger partial charge in [0.05, 0.1) is 17.1 Å². The van der Waals surface area contributed by atoms with Gasteiger partial charge in [0.25, 0.3) is 0 Å². The molecule has 0 aliphatic heterocycles. The minimum absolute atomic E-state index is 0.199. The van der Waals surface area contributed by atoms with Crippen LogP contribution in [0.15, 0.2) is 12.4 Å². The third-order valence-corrected chi connectivity index (χ3v) is 1.91. The van der Waals surface area contributed by atoms with E-state index >= 15 is 0 Å². The van der Waals surface area contributed by atoms with Gasteiger partial charge in [0.1, 0.15) is 6.20 Å². The third-order valence-electron chi connectivity index (χ3n) is 1.91. The second-order valence-electron chi connectivity index (χ2n) is 3.06. The van der Waals surface area contributed by atoms with Crippen molar-refractivity contribution in [2.45, 2.75) is 13.1 Å². The van der Waals surface area contributed by atoms with Crippen LogP contribution in [0.3, 0.4) is 0 Å². The van der Waals surface area contributed by atoms with Crippen molar-refractivity contribution < 1.29 is 27.6 Å². The first kappa shape index (κ1) is 13.9. The lowest BCUT2D eigenvalue weighted by Gasteiger charge is -2.11. The second-order valence-corrected chi connectivity index (χ2v) is 3.06. The fourth-order valence-corrected chi connectivity index (χ4v) is 1.22. The summed E-state index contributed by atoms with van der Waals surface area (Å²) in [7, 11) is 0. The number of nitrogens with zero attached hydrogens (tertiary/aromatic N) is 2. The molecule has 1 rings (SSSR count). The molecular formula is C9H7F3N2O4. The monoisotopic (exact) mass is 264 g/mol. The molecule has 0 saturated carbocycles. The summed E-state index contributed by atoms with van der Waals surface area (Å²) in [5, 5.41) is 10.6. The van der Waals surface area contributed by atoms with Gasteiger partial charge in [-0.3, -0.25) is 15.1 Å². The fraction of sp³-hybridized carbons (Fsp3) is 0.333. The van der Waals surface area contributed by atoms with Crippen LogP contribution in [-0.2, 0) is 10.9 Å². The molecule has 0 saturated heterocycles. The van der Waals surface area contributed by atoms with Crippen LogP contribution in [0.1, 0.15) is 22.8 Å².